The van der Waals surface area contributed by atoms with Gasteiger partial charge in [0.05, 0.1) is 18.4 Å². The van der Waals surface area contributed by atoms with Crippen LogP contribution >= 0.6 is 15.9 Å². The van der Waals surface area contributed by atoms with Gasteiger partial charge in [0.1, 0.15) is 10.6 Å². The largest absolute Gasteiger partial charge is 0.481 e. The Morgan fingerprint density at radius 1 is 1.07 bits per heavy atom. The van der Waals surface area contributed by atoms with Gasteiger partial charge in [-0.2, -0.15) is 0 Å². The van der Waals surface area contributed by atoms with E-state index in [1.807, 2.05) is 0 Å². The number of benzene rings is 3. The van der Waals surface area contributed by atoms with Crippen LogP contribution in [-0.4, -0.2) is 39.2 Å². The predicted molar refractivity (Wildman–Crippen MR) is 113 cm³/mol. The first-order valence-electron chi connectivity index (χ1n) is 8.50. The van der Waals surface area contributed by atoms with E-state index in [4.69, 9.17) is 9.84 Å². The average molecular weight is 494 g/mol. The van der Waals surface area contributed by atoms with Gasteiger partial charge < -0.3 is 14.6 Å². The lowest BCUT2D eigenvalue weighted by atomic mass is 10.1. The summed E-state index contributed by atoms with van der Waals surface area (Å²) in [7, 11) is -2.77. The number of anilines is 1. The number of carbonyl (C=O) groups excluding carboxylic acids is 1. The first-order valence-corrected chi connectivity index (χ1v) is 10.8. The van der Waals surface area contributed by atoms with Crippen LogP contribution in [0.3, 0.4) is 0 Å². The van der Waals surface area contributed by atoms with Crippen LogP contribution in [0.5, 0.6) is 5.75 Å². The molecule has 8 nitrogen and oxygen atoms in total. The number of esters is 1. The van der Waals surface area contributed by atoms with Gasteiger partial charge in [-0.3, -0.25) is 4.72 Å². The fraction of sp³-hybridized carbons (Fsp3) is 0.100. The second-order valence-electron chi connectivity index (χ2n) is 6.08. The minimum Gasteiger partial charge on any atom is -0.481 e. The maximum absolute atomic E-state index is 12.9. The molecule has 0 unspecified atom stereocenters. The smallest absolute Gasteiger partial charge is 0.343 e. The molecule has 0 amide bonds. The molecule has 0 bridgehead atoms. The molecule has 30 heavy (non-hydrogen) atoms. The second kappa shape index (κ2) is 8.72. The number of carboxylic acid groups (broad SMARTS) is 1. The highest BCUT2D eigenvalue weighted by molar-refractivity contribution is 9.10. The number of hydrogen-bond acceptors (Lipinski definition) is 6. The second-order valence-corrected chi connectivity index (χ2v) is 8.58. The summed E-state index contributed by atoms with van der Waals surface area (Å²) in [5.41, 5.74) is 0.253. The summed E-state index contributed by atoms with van der Waals surface area (Å²) in [4.78, 5) is 22.3. The standard InChI is InChI=1S/C20H16BrNO7S/c1-28-19(23)11-29-17-8-7-16(13-4-2-3-5-14(13)17)22-30(26,27)18-9-6-12(20(24)25)10-15(18)21/h2-10,22H,11H2,1H3,(H,24,25). The van der Waals surface area contributed by atoms with Gasteiger partial charge in [0.15, 0.2) is 6.61 Å². The van der Waals surface area contributed by atoms with Gasteiger partial charge in [-0.15, -0.1) is 0 Å². The molecular weight excluding hydrogens is 478 g/mol. The average Bonchev–Trinajstić information content (AvgIpc) is 2.72. The van der Waals surface area contributed by atoms with E-state index >= 15 is 0 Å². The van der Waals surface area contributed by atoms with E-state index < -0.39 is 22.0 Å². The molecule has 0 spiro atoms. The summed E-state index contributed by atoms with van der Waals surface area (Å²) in [5, 5.41) is 10.2. The summed E-state index contributed by atoms with van der Waals surface area (Å²) in [6, 6.07) is 13.7. The fourth-order valence-corrected chi connectivity index (χ4v) is 4.89. The Balaban J connectivity index is 1.98. The Morgan fingerprint density at radius 2 is 1.77 bits per heavy atom. The van der Waals surface area contributed by atoms with Crippen LogP contribution in [0.4, 0.5) is 5.69 Å². The maximum Gasteiger partial charge on any atom is 0.343 e. The van der Waals surface area contributed by atoms with E-state index in [2.05, 4.69) is 25.4 Å². The number of fused-ring (bicyclic) bond motifs is 1. The molecule has 156 valence electrons. The SMILES string of the molecule is COC(=O)COc1ccc(NS(=O)(=O)c2ccc(C(=O)O)cc2Br)c2ccccc12. The summed E-state index contributed by atoms with van der Waals surface area (Å²) < 4.78 is 38.5. The maximum atomic E-state index is 12.9. The molecule has 0 atom stereocenters. The van der Waals surface area contributed by atoms with Crippen molar-refractivity contribution in [1.29, 1.82) is 0 Å². The summed E-state index contributed by atoms with van der Waals surface area (Å²) >= 11 is 3.12. The molecule has 0 radical (unpaired) electrons. The highest BCUT2D eigenvalue weighted by atomic mass is 79.9. The predicted octanol–water partition coefficient (Wildman–Crippen LogP) is 3.65. The van der Waals surface area contributed by atoms with Gasteiger partial charge in [-0.25, -0.2) is 18.0 Å². The van der Waals surface area contributed by atoms with Crippen molar-refractivity contribution in [3.8, 4) is 5.75 Å². The van der Waals surface area contributed by atoms with Crippen molar-refractivity contribution in [3.05, 3.63) is 64.6 Å². The Morgan fingerprint density at radius 3 is 2.40 bits per heavy atom. The van der Waals surface area contributed by atoms with Crippen molar-refractivity contribution < 1.29 is 32.6 Å². The molecule has 0 heterocycles. The normalized spacial score (nSPS) is 11.1. The zero-order valence-corrected chi connectivity index (χ0v) is 18.0. The van der Waals surface area contributed by atoms with Crippen molar-refractivity contribution in [2.24, 2.45) is 0 Å². The van der Waals surface area contributed by atoms with E-state index in [0.29, 0.717) is 22.2 Å². The quantitative estimate of drug-likeness (QED) is 0.482. The van der Waals surface area contributed by atoms with Gasteiger partial charge in [0.2, 0.25) is 0 Å². The van der Waals surface area contributed by atoms with E-state index in [1.165, 1.54) is 31.4 Å². The molecule has 0 saturated carbocycles. The Bertz CT molecular complexity index is 1240. The topological polar surface area (TPSA) is 119 Å². The number of aromatic carboxylic acids is 1. The summed E-state index contributed by atoms with van der Waals surface area (Å²) in [6.45, 7) is -0.283. The van der Waals surface area contributed by atoms with Crippen LogP contribution in [0.15, 0.2) is 64.0 Å². The van der Waals surface area contributed by atoms with E-state index in [0.717, 1.165) is 0 Å². The molecule has 0 aliphatic heterocycles. The molecule has 0 aliphatic carbocycles. The molecule has 2 N–H and O–H groups in total. The molecule has 3 rings (SSSR count). The number of halogens is 1. The highest BCUT2D eigenvalue weighted by Gasteiger charge is 2.21. The molecule has 0 saturated heterocycles. The molecule has 10 heteroatoms. The minimum atomic E-state index is -4.03. The number of sulfonamides is 1. The van der Waals surface area contributed by atoms with Gasteiger partial charge in [-0.1, -0.05) is 24.3 Å². The van der Waals surface area contributed by atoms with E-state index in [-0.39, 0.29) is 21.5 Å². The van der Waals surface area contributed by atoms with E-state index in [9.17, 15) is 18.0 Å². The van der Waals surface area contributed by atoms with Gasteiger partial charge in [0.25, 0.3) is 10.0 Å². The minimum absolute atomic E-state index is 0.0432. The molecule has 0 fully saturated rings. The lowest BCUT2D eigenvalue weighted by Gasteiger charge is -2.14. The lowest BCUT2D eigenvalue weighted by molar-refractivity contribution is -0.142. The number of rotatable bonds is 7. The summed E-state index contributed by atoms with van der Waals surface area (Å²) in [6.07, 6.45) is 0. The molecule has 0 aliphatic rings. The highest BCUT2D eigenvalue weighted by Crippen LogP contribution is 2.34. The number of ether oxygens (including phenoxy) is 2. The zero-order chi connectivity index (χ0) is 21.9. The zero-order valence-electron chi connectivity index (χ0n) is 15.6. The fourth-order valence-electron chi connectivity index (χ4n) is 2.73. The molecule has 0 aromatic heterocycles. The molecule has 3 aromatic carbocycles. The number of nitrogens with one attached hydrogen (secondary N) is 1. The first kappa shape index (κ1) is 21.6. The molecular formula is C20H16BrNO7S. The van der Waals surface area contributed by atoms with Crippen molar-refractivity contribution in [1.82, 2.24) is 0 Å². The summed E-state index contributed by atoms with van der Waals surface area (Å²) in [5.74, 6) is -1.31. The van der Waals surface area contributed by atoms with Crippen molar-refractivity contribution >= 4 is 54.4 Å². The van der Waals surface area contributed by atoms with E-state index in [1.54, 1.807) is 30.3 Å². The van der Waals surface area contributed by atoms with Crippen LogP contribution < -0.4 is 9.46 Å². The third-order valence-electron chi connectivity index (χ3n) is 4.17. The van der Waals surface area contributed by atoms with Crippen molar-refractivity contribution in [2.75, 3.05) is 18.4 Å². The molecule has 3 aromatic rings. The van der Waals surface area contributed by atoms with Crippen molar-refractivity contribution in [2.45, 2.75) is 4.90 Å². The number of carbonyl (C=O) groups is 2. The monoisotopic (exact) mass is 493 g/mol. The Kier molecular flexibility index (Phi) is 6.28. The number of carboxylic acids is 1. The van der Waals surface area contributed by atoms with Crippen LogP contribution in [0.1, 0.15) is 10.4 Å². The van der Waals surface area contributed by atoms with Crippen LogP contribution in [0.2, 0.25) is 0 Å². The van der Waals surface area contributed by atoms with Gasteiger partial charge >= 0.3 is 11.9 Å². The van der Waals surface area contributed by atoms with Crippen LogP contribution in [0, 0.1) is 0 Å². The number of methoxy groups -OCH3 is 1. The van der Waals surface area contributed by atoms with Crippen molar-refractivity contribution in [3.63, 3.8) is 0 Å². The first-order chi connectivity index (χ1) is 14.2. The number of hydrogen-bond donors (Lipinski definition) is 2. The third-order valence-corrected chi connectivity index (χ3v) is 6.51. The Hall–Kier alpha value is -3.11. The van der Waals surface area contributed by atoms with Crippen LogP contribution in [0.25, 0.3) is 10.8 Å². The third kappa shape index (κ3) is 4.55. The van der Waals surface area contributed by atoms with Crippen LogP contribution in [-0.2, 0) is 19.6 Å². The van der Waals surface area contributed by atoms with Gasteiger partial charge in [-0.05, 0) is 46.3 Å². The Labute approximate surface area is 180 Å². The lowest BCUT2D eigenvalue weighted by Crippen LogP contribution is -2.15. The van der Waals surface area contributed by atoms with Gasteiger partial charge in [0, 0.05) is 15.2 Å².